The van der Waals surface area contributed by atoms with Crippen LogP contribution in [0.2, 0.25) is 0 Å². The number of rotatable bonds is 13. The van der Waals surface area contributed by atoms with Crippen molar-refractivity contribution in [2.45, 2.75) is 28.1 Å². The third-order valence-corrected chi connectivity index (χ3v) is 11.9. The minimum atomic E-state index is -3.65. The number of ether oxygens (including phenoxy) is 6. The Balaban J connectivity index is 1.63. The van der Waals surface area contributed by atoms with Crippen LogP contribution in [0.5, 0.6) is 28.7 Å². The van der Waals surface area contributed by atoms with Crippen LogP contribution in [0.25, 0.3) is 0 Å². The molecule has 0 radical (unpaired) electrons. The van der Waals surface area contributed by atoms with Gasteiger partial charge in [-0.05, 0) is 41.8 Å². The van der Waals surface area contributed by atoms with Crippen molar-refractivity contribution in [2.24, 2.45) is 0 Å². The van der Waals surface area contributed by atoms with Gasteiger partial charge < -0.3 is 28.4 Å². The quantitative estimate of drug-likeness (QED) is 0.311. The van der Waals surface area contributed by atoms with Gasteiger partial charge in [0, 0.05) is 30.6 Å². The van der Waals surface area contributed by atoms with E-state index in [4.69, 9.17) is 28.4 Å². The molecule has 0 aromatic heterocycles. The predicted molar refractivity (Wildman–Crippen MR) is 160 cm³/mol. The summed E-state index contributed by atoms with van der Waals surface area (Å²) in [5, 5.41) is 0.145. The lowest BCUT2D eigenvalue weighted by atomic mass is 10.1. The second-order valence-electron chi connectivity index (χ2n) is 9.42. The fourth-order valence-corrected chi connectivity index (χ4v) is 9.42. The first-order valence-corrected chi connectivity index (χ1v) is 16.9. The zero-order valence-electron chi connectivity index (χ0n) is 23.8. The smallest absolute Gasteiger partial charge is 0.203 e. The van der Waals surface area contributed by atoms with E-state index in [1.54, 1.807) is 58.0 Å². The zero-order valence-corrected chi connectivity index (χ0v) is 26.2. The molecule has 40 heavy (non-hydrogen) atoms. The van der Waals surface area contributed by atoms with E-state index in [-0.39, 0.29) is 20.5 Å². The molecule has 2 aliphatic rings. The van der Waals surface area contributed by atoms with E-state index < -0.39 is 9.84 Å². The van der Waals surface area contributed by atoms with Crippen molar-refractivity contribution in [3.05, 3.63) is 35.4 Å². The lowest BCUT2D eigenvalue weighted by Gasteiger charge is -2.26. The molecule has 0 spiro atoms. The van der Waals surface area contributed by atoms with Gasteiger partial charge in [-0.25, -0.2) is 8.42 Å². The van der Waals surface area contributed by atoms with Crippen molar-refractivity contribution in [1.29, 1.82) is 0 Å². The van der Waals surface area contributed by atoms with Crippen molar-refractivity contribution in [3.63, 3.8) is 0 Å². The zero-order chi connectivity index (χ0) is 28.7. The Bertz CT molecular complexity index is 1230. The van der Waals surface area contributed by atoms with Crippen LogP contribution in [0.15, 0.2) is 29.2 Å². The van der Waals surface area contributed by atoms with Gasteiger partial charge in [0.2, 0.25) is 5.75 Å². The van der Waals surface area contributed by atoms with Crippen LogP contribution in [-0.2, 0) is 14.6 Å². The SMILES string of the molecule is CCCOc1c(OC)cc(C2SCC(c3cc(OC)c(OC)c(OC)c3)S2)cc1S(=O)(=O)CCN1CCOCC1. The van der Waals surface area contributed by atoms with Gasteiger partial charge in [0.1, 0.15) is 4.90 Å². The molecule has 0 aliphatic carbocycles. The molecular formula is C28H39NO8S3. The van der Waals surface area contributed by atoms with Gasteiger partial charge in [0.15, 0.2) is 32.8 Å². The molecule has 2 saturated heterocycles. The highest BCUT2D eigenvalue weighted by Gasteiger charge is 2.33. The van der Waals surface area contributed by atoms with Crippen molar-refractivity contribution in [2.75, 3.05) is 79.4 Å². The molecular weight excluding hydrogens is 575 g/mol. The van der Waals surface area contributed by atoms with Gasteiger partial charge >= 0.3 is 0 Å². The first-order chi connectivity index (χ1) is 19.3. The maximum Gasteiger partial charge on any atom is 0.203 e. The summed E-state index contributed by atoms with van der Waals surface area (Å²) in [6.45, 7) is 5.54. The summed E-state index contributed by atoms with van der Waals surface area (Å²) in [5.41, 5.74) is 1.94. The molecule has 2 heterocycles. The lowest BCUT2D eigenvalue weighted by molar-refractivity contribution is 0.0408. The molecule has 4 rings (SSSR count). The molecule has 2 aromatic rings. The van der Waals surface area contributed by atoms with Gasteiger partial charge in [0.05, 0.1) is 58.6 Å². The number of thioether (sulfide) groups is 2. The van der Waals surface area contributed by atoms with Crippen molar-refractivity contribution < 1.29 is 36.8 Å². The molecule has 2 fully saturated rings. The monoisotopic (exact) mass is 613 g/mol. The topological polar surface area (TPSA) is 92.8 Å². The van der Waals surface area contributed by atoms with Gasteiger partial charge in [-0.2, -0.15) is 0 Å². The Labute approximate surface area is 246 Å². The van der Waals surface area contributed by atoms with E-state index in [0.717, 1.165) is 36.4 Å². The number of hydrogen-bond acceptors (Lipinski definition) is 11. The summed E-state index contributed by atoms with van der Waals surface area (Å²) in [6.07, 6.45) is 0.753. The predicted octanol–water partition coefficient (Wildman–Crippen LogP) is 4.84. The third kappa shape index (κ3) is 7.07. The Kier molecular flexibility index (Phi) is 11.0. The number of nitrogens with zero attached hydrogens (tertiary/aromatic N) is 1. The number of morpholine rings is 1. The van der Waals surface area contributed by atoms with Crippen LogP contribution < -0.4 is 23.7 Å². The highest BCUT2D eigenvalue weighted by atomic mass is 32.2. The van der Waals surface area contributed by atoms with E-state index in [1.165, 1.54) is 0 Å². The molecule has 12 heteroatoms. The summed E-state index contributed by atoms with van der Waals surface area (Å²) < 4.78 is 61.1. The Morgan fingerprint density at radius 3 is 2.12 bits per heavy atom. The fraction of sp³-hybridized carbons (Fsp3) is 0.571. The van der Waals surface area contributed by atoms with Crippen LogP contribution in [-0.4, -0.2) is 92.7 Å². The second kappa shape index (κ2) is 14.3. The standard InChI is InChI=1S/C28H39NO8S3/c1-6-10-37-27-23(34-4)16-20(17-25(27)40(30,31)13-9-29-7-11-36-12-8-29)28-38-18-24(39-28)19-14-21(32-2)26(35-5)22(15-19)33-3/h14-17,24,28H,6-13,18H2,1-5H3. The Morgan fingerprint density at radius 2 is 1.52 bits per heavy atom. The molecule has 2 aliphatic heterocycles. The number of methoxy groups -OCH3 is 4. The van der Waals surface area contributed by atoms with Crippen LogP contribution in [0.3, 0.4) is 0 Å². The molecule has 0 N–H and O–H groups in total. The normalized spacial score (nSPS) is 19.8. The molecule has 0 saturated carbocycles. The first kappa shape index (κ1) is 31.0. The summed E-state index contributed by atoms with van der Waals surface area (Å²) >= 11 is 3.54. The second-order valence-corrected chi connectivity index (χ2v) is 14.2. The van der Waals surface area contributed by atoms with E-state index in [1.807, 2.05) is 25.1 Å². The van der Waals surface area contributed by atoms with Crippen LogP contribution >= 0.6 is 23.5 Å². The third-order valence-electron chi connectivity index (χ3n) is 6.85. The van der Waals surface area contributed by atoms with Crippen LogP contribution in [0.1, 0.15) is 34.3 Å². The molecule has 0 bridgehead atoms. The minimum Gasteiger partial charge on any atom is -0.493 e. The molecule has 2 aromatic carbocycles. The largest absolute Gasteiger partial charge is 0.493 e. The minimum absolute atomic E-state index is 0.00110. The number of hydrogen-bond donors (Lipinski definition) is 0. The number of benzene rings is 2. The van der Waals surface area contributed by atoms with E-state index in [9.17, 15) is 8.42 Å². The first-order valence-electron chi connectivity index (χ1n) is 13.3. The summed E-state index contributed by atoms with van der Waals surface area (Å²) in [5.74, 6) is 3.35. The van der Waals surface area contributed by atoms with Crippen molar-refractivity contribution in [1.82, 2.24) is 4.90 Å². The summed E-state index contributed by atoms with van der Waals surface area (Å²) in [4.78, 5) is 2.32. The lowest BCUT2D eigenvalue weighted by Crippen LogP contribution is -2.39. The highest BCUT2D eigenvalue weighted by molar-refractivity contribution is 8.19. The molecule has 2 unspecified atom stereocenters. The van der Waals surface area contributed by atoms with Gasteiger partial charge in [0.25, 0.3) is 0 Å². The van der Waals surface area contributed by atoms with Gasteiger partial charge in [-0.1, -0.05) is 6.92 Å². The maximum atomic E-state index is 13.7. The van der Waals surface area contributed by atoms with Crippen LogP contribution in [0, 0.1) is 0 Å². The molecule has 2 atom stereocenters. The van der Waals surface area contributed by atoms with Crippen molar-refractivity contribution in [3.8, 4) is 28.7 Å². The fourth-order valence-electron chi connectivity index (χ4n) is 4.69. The van der Waals surface area contributed by atoms with E-state index in [2.05, 4.69) is 4.90 Å². The Hall–Kier alpha value is -1.99. The van der Waals surface area contributed by atoms with Crippen LogP contribution in [0.4, 0.5) is 0 Å². The average Bonchev–Trinajstić information content (AvgIpc) is 3.49. The van der Waals surface area contributed by atoms with E-state index >= 15 is 0 Å². The van der Waals surface area contributed by atoms with Gasteiger partial charge in [-0.15, -0.1) is 23.5 Å². The average molecular weight is 614 g/mol. The molecule has 9 nitrogen and oxygen atoms in total. The Morgan fingerprint density at radius 1 is 0.900 bits per heavy atom. The number of sulfone groups is 1. The summed E-state index contributed by atoms with van der Waals surface area (Å²) in [7, 11) is 2.70. The maximum absolute atomic E-state index is 13.7. The van der Waals surface area contributed by atoms with Gasteiger partial charge in [-0.3, -0.25) is 4.90 Å². The highest BCUT2D eigenvalue weighted by Crippen LogP contribution is 2.58. The van der Waals surface area contributed by atoms with Crippen molar-refractivity contribution >= 4 is 33.4 Å². The molecule has 222 valence electrons. The molecule has 0 amide bonds. The van der Waals surface area contributed by atoms with E-state index in [0.29, 0.717) is 55.1 Å². The summed E-state index contributed by atoms with van der Waals surface area (Å²) in [6, 6.07) is 7.65.